The minimum Gasteiger partial charge on any atom is -0.371 e. The quantitative estimate of drug-likeness (QED) is 0.761. The van der Waals surface area contributed by atoms with Gasteiger partial charge in [0.25, 0.3) is 5.91 Å². The van der Waals surface area contributed by atoms with Gasteiger partial charge in [-0.1, -0.05) is 24.3 Å². The molecule has 1 aliphatic rings. The maximum absolute atomic E-state index is 12.8. The van der Waals surface area contributed by atoms with Gasteiger partial charge < -0.3 is 10.2 Å². The molecule has 3 aromatic rings. The van der Waals surface area contributed by atoms with Gasteiger partial charge in [0.15, 0.2) is 0 Å². The summed E-state index contributed by atoms with van der Waals surface area (Å²) >= 11 is 0. The molecule has 2 heterocycles. The summed E-state index contributed by atoms with van der Waals surface area (Å²) in [5.74, 6) is -0.131. The number of aryl methyl sites for hydroxylation is 1. The number of rotatable bonds is 4. The highest BCUT2D eigenvalue weighted by Crippen LogP contribution is 2.30. The monoisotopic (exact) mass is 360 g/mol. The smallest absolute Gasteiger partial charge is 0.259 e. The molecule has 0 fully saturated rings. The first-order valence-electron chi connectivity index (χ1n) is 9.38. The van der Waals surface area contributed by atoms with Gasteiger partial charge in [-0.2, -0.15) is 5.10 Å². The predicted octanol–water partition coefficient (Wildman–Crippen LogP) is 4.12. The Morgan fingerprint density at radius 1 is 1.15 bits per heavy atom. The van der Waals surface area contributed by atoms with Crippen molar-refractivity contribution in [3.05, 3.63) is 71.0 Å². The van der Waals surface area contributed by atoms with Gasteiger partial charge in [-0.05, 0) is 56.5 Å². The van der Waals surface area contributed by atoms with E-state index in [4.69, 9.17) is 0 Å². The molecular formula is C22H24N4O. The number of anilines is 2. The maximum atomic E-state index is 12.8. The molecule has 0 saturated heterocycles. The third-order valence-electron chi connectivity index (χ3n) is 5.31. The van der Waals surface area contributed by atoms with Crippen molar-refractivity contribution >= 4 is 17.3 Å². The van der Waals surface area contributed by atoms with E-state index < -0.39 is 0 Å². The van der Waals surface area contributed by atoms with Crippen LogP contribution in [0.3, 0.4) is 0 Å². The average molecular weight is 360 g/mol. The van der Waals surface area contributed by atoms with E-state index in [0.29, 0.717) is 5.56 Å². The van der Waals surface area contributed by atoms with E-state index >= 15 is 0 Å². The van der Waals surface area contributed by atoms with Gasteiger partial charge >= 0.3 is 0 Å². The fourth-order valence-corrected chi connectivity index (χ4v) is 3.73. The summed E-state index contributed by atoms with van der Waals surface area (Å²) in [6.07, 6.45) is 2.71. The Balaban J connectivity index is 1.59. The molecule has 27 heavy (non-hydrogen) atoms. The Hall–Kier alpha value is -3.08. The van der Waals surface area contributed by atoms with Crippen molar-refractivity contribution in [2.45, 2.75) is 27.2 Å². The Morgan fingerprint density at radius 2 is 1.96 bits per heavy atom. The minimum atomic E-state index is -0.131. The van der Waals surface area contributed by atoms with Crippen LogP contribution in [0.5, 0.6) is 0 Å². The molecule has 0 spiro atoms. The normalized spacial score (nSPS) is 12.9. The highest BCUT2D eigenvalue weighted by Gasteiger charge is 2.20. The van der Waals surface area contributed by atoms with Crippen LogP contribution in [-0.4, -0.2) is 28.8 Å². The fraction of sp³-hybridized carbons (Fsp3) is 0.273. The van der Waals surface area contributed by atoms with E-state index in [1.165, 1.54) is 11.3 Å². The maximum Gasteiger partial charge on any atom is 0.259 e. The van der Waals surface area contributed by atoms with Crippen molar-refractivity contribution in [1.29, 1.82) is 0 Å². The number of likely N-dealkylation sites (N-methyl/N-ethyl adjacent to an activating group) is 1. The molecule has 1 aliphatic heterocycles. The van der Waals surface area contributed by atoms with Gasteiger partial charge in [-0.15, -0.1) is 0 Å². The van der Waals surface area contributed by atoms with Crippen molar-refractivity contribution in [1.82, 2.24) is 9.78 Å². The molecule has 1 amide bonds. The molecule has 4 rings (SSSR count). The second-order valence-electron chi connectivity index (χ2n) is 6.97. The number of amides is 1. The number of nitrogens with one attached hydrogen (secondary N) is 1. The third-order valence-corrected chi connectivity index (χ3v) is 5.31. The van der Waals surface area contributed by atoms with Crippen LogP contribution in [0.4, 0.5) is 11.4 Å². The van der Waals surface area contributed by atoms with Crippen molar-refractivity contribution in [2.75, 3.05) is 23.3 Å². The van der Waals surface area contributed by atoms with E-state index in [-0.39, 0.29) is 5.91 Å². The van der Waals surface area contributed by atoms with Gasteiger partial charge in [-0.3, -0.25) is 4.79 Å². The number of benzene rings is 2. The minimum absolute atomic E-state index is 0.131. The largest absolute Gasteiger partial charge is 0.371 e. The van der Waals surface area contributed by atoms with E-state index in [9.17, 15) is 4.79 Å². The lowest BCUT2D eigenvalue weighted by molar-refractivity contribution is 0.102. The molecule has 0 aliphatic carbocycles. The van der Waals surface area contributed by atoms with E-state index in [1.54, 1.807) is 6.20 Å². The van der Waals surface area contributed by atoms with E-state index in [1.807, 2.05) is 48.9 Å². The molecular weight excluding hydrogens is 336 g/mol. The molecule has 0 atom stereocenters. The van der Waals surface area contributed by atoms with Crippen molar-refractivity contribution < 1.29 is 4.79 Å². The summed E-state index contributed by atoms with van der Waals surface area (Å²) in [6, 6.07) is 14.2. The van der Waals surface area contributed by atoms with Gasteiger partial charge in [-0.25, -0.2) is 4.68 Å². The molecule has 0 bridgehead atoms. The zero-order chi connectivity index (χ0) is 19.0. The Bertz CT molecular complexity index is 1010. The highest BCUT2D eigenvalue weighted by atomic mass is 16.1. The molecule has 0 unspecified atom stereocenters. The van der Waals surface area contributed by atoms with Crippen LogP contribution in [0.1, 0.15) is 34.1 Å². The second kappa shape index (κ2) is 6.91. The van der Waals surface area contributed by atoms with Crippen LogP contribution in [0.2, 0.25) is 0 Å². The molecule has 5 heteroatoms. The number of hydrogen-bond donors (Lipinski definition) is 1. The number of aromatic nitrogens is 2. The molecule has 0 radical (unpaired) electrons. The van der Waals surface area contributed by atoms with E-state index in [0.717, 1.165) is 42.1 Å². The molecule has 2 aromatic carbocycles. The topological polar surface area (TPSA) is 50.2 Å². The van der Waals surface area contributed by atoms with Gasteiger partial charge in [0.1, 0.15) is 0 Å². The van der Waals surface area contributed by atoms with Crippen molar-refractivity contribution in [3.8, 4) is 5.69 Å². The number of hydrogen-bond acceptors (Lipinski definition) is 3. The van der Waals surface area contributed by atoms with Crippen LogP contribution in [0, 0.1) is 13.8 Å². The van der Waals surface area contributed by atoms with Crippen molar-refractivity contribution in [3.63, 3.8) is 0 Å². The van der Waals surface area contributed by atoms with Crippen LogP contribution in [0.25, 0.3) is 5.69 Å². The summed E-state index contributed by atoms with van der Waals surface area (Å²) in [7, 11) is 0. The summed E-state index contributed by atoms with van der Waals surface area (Å²) in [5, 5.41) is 7.47. The number of para-hydroxylation sites is 1. The number of nitrogens with zero attached hydrogens (tertiary/aromatic N) is 3. The predicted molar refractivity (Wildman–Crippen MR) is 109 cm³/mol. The first kappa shape index (κ1) is 17.3. The average Bonchev–Trinajstić information content (AvgIpc) is 3.25. The number of carbonyl (C=O) groups is 1. The van der Waals surface area contributed by atoms with Gasteiger partial charge in [0.2, 0.25) is 0 Å². The summed E-state index contributed by atoms with van der Waals surface area (Å²) in [5.41, 5.74) is 6.92. The highest BCUT2D eigenvalue weighted by molar-refractivity contribution is 6.05. The van der Waals surface area contributed by atoms with Gasteiger partial charge in [0, 0.05) is 24.5 Å². The van der Waals surface area contributed by atoms with Crippen molar-refractivity contribution in [2.24, 2.45) is 0 Å². The number of fused-ring (bicyclic) bond motifs is 1. The first-order chi connectivity index (χ1) is 13.1. The first-order valence-corrected chi connectivity index (χ1v) is 9.38. The fourth-order valence-electron chi connectivity index (χ4n) is 3.73. The molecule has 1 aromatic heterocycles. The van der Waals surface area contributed by atoms with Crippen LogP contribution >= 0.6 is 0 Å². The lowest BCUT2D eigenvalue weighted by Crippen LogP contribution is -2.19. The Labute approximate surface area is 159 Å². The third kappa shape index (κ3) is 3.10. The molecule has 5 nitrogen and oxygen atoms in total. The SMILES string of the molecule is CCN1CCc2ccc(NC(=O)c3cnn(-c4ccccc4C)c3C)cc21. The van der Waals surface area contributed by atoms with Crippen LogP contribution < -0.4 is 10.2 Å². The Kier molecular flexibility index (Phi) is 4.44. The molecule has 1 N–H and O–H groups in total. The summed E-state index contributed by atoms with van der Waals surface area (Å²) in [4.78, 5) is 15.2. The standard InChI is InChI=1S/C22H24N4O/c1-4-25-12-11-17-9-10-18(13-21(17)25)24-22(27)19-14-23-26(16(19)3)20-8-6-5-7-15(20)2/h5-10,13-14H,4,11-12H2,1-3H3,(H,24,27). The number of carbonyl (C=O) groups excluding carboxylic acids is 1. The Morgan fingerprint density at radius 3 is 2.74 bits per heavy atom. The molecule has 138 valence electrons. The lowest BCUT2D eigenvalue weighted by atomic mass is 10.1. The summed E-state index contributed by atoms with van der Waals surface area (Å²) in [6.45, 7) is 8.15. The zero-order valence-corrected chi connectivity index (χ0v) is 16.0. The van der Waals surface area contributed by atoms with Crippen LogP contribution in [-0.2, 0) is 6.42 Å². The lowest BCUT2D eigenvalue weighted by Gasteiger charge is -2.17. The zero-order valence-electron chi connectivity index (χ0n) is 16.0. The van der Waals surface area contributed by atoms with E-state index in [2.05, 4.69) is 34.4 Å². The van der Waals surface area contributed by atoms with Gasteiger partial charge in [0.05, 0.1) is 23.1 Å². The molecule has 0 saturated carbocycles. The van der Waals surface area contributed by atoms with Crippen LogP contribution in [0.15, 0.2) is 48.7 Å². The second-order valence-corrected chi connectivity index (χ2v) is 6.97. The summed E-state index contributed by atoms with van der Waals surface area (Å²) < 4.78 is 1.83.